The van der Waals surface area contributed by atoms with Crippen LogP contribution in [0, 0.1) is 5.92 Å². The van der Waals surface area contributed by atoms with Crippen LogP contribution in [0.2, 0.25) is 5.02 Å². The quantitative estimate of drug-likeness (QED) is 0.788. The summed E-state index contributed by atoms with van der Waals surface area (Å²) in [6.45, 7) is 4.44. The molecule has 2 aromatic rings. The van der Waals surface area contributed by atoms with Crippen molar-refractivity contribution in [2.45, 2.75) is 26.3 Å². The maximum atomic E-state index is 6.38. The fourth-order valence-electron chi connectivity index (χ4n) is 2.32. The number of rotatable bonds is 4. The Kier molecular flexibility index (Phi) is 5.25. The third kappa shape index (κ3) is 3.85. The van der Waals surface area contributed by atoms with E-state index in [-0.39, 0.29) is 6.04 Å². The van der Waals surface area contributed by atoms with Gasteiger partial charge in [-0.15, -0.1) is 0 Å². The highest BCUT2D eigenvalue weighted by Crippen LogP contribution is 2.29. The Morgan fingerprint density at radius 3 is 2.60 bits per heavy atom. The van der Waals surface area contributed by atoms with Crippen LogP contribution in [0.25, 0.3) is 0 Å². The van der Waals surface area contributed by atoms with E-state index < -0.39 is 0 Å². The molecule has 1 nitrogen and oxygen atoms in total. The van der Waals surface area contributed by atoms with E-state index >= 15 is 0 Å². The lowest BCUT2D eigenvalue weighted by Crippen LogP contribution is -2.13. The van der Waals surface area contributed by atoms with Crippen molar-refractivity contribution in [1.82, 2.24) is 0 Å². The zero-order valence-electron chi connectivity index (χ0n) is 11.7. The molecular weight excluding hydrogens is 334 g/mol. The minimum atomic E-state index is -0.202. The standard InChI is InChI=1S/C17H19BrClN/c1-11(2)8-12-4-3-5-13(9-12)17(20)15-10-14(18)6-7-16(15)19/h3-7,9-11,17H,8,20H2,1-2H3. The summed E-state index contributed by atoms with van der Waals surface area (Å²) in [6.07, 6.45) is 1.06. The zero-order chi connectivity index (χ0) is 14.7. The van der Waals surface area contributed by atoms with Crippen molar-refractivity contribution in [3.8, 4) is 0 Å². The van der Waals surface area contributed by atoms with E-state index in [9.17, 15) is 0 Å². The Morgan fingerprint density at radius 1 is 1.15 bits per heavy atom. The van der Waals surface area contributed by atoms with Gasteiger partial charge in [-0.05, 0) is 47.2 Å². The fraction of sp³-hybridized carbons (Fsp3) is 0.294. The van der Waals surface area contributed by atoms with Gasteiger partial charge < -0.3 is 5.73 Å². The molecule has 0 saturated heterocycles. The molecule has 0 bridgehead atoms. The van der Waals surface area contributed by atoms with Gasteiger partial charge in [0.05, 0.1) is 6.04 Å². The minimum Gasteiger partial charge on any atom is -0.320 e. The maximum Gasteiger partial charge on any atom is 0.0566 e. The number of halogens is 2. The lowest BCUT2D eigenvalue weighted by Gasteiger charge is -2.16. The second-order valence-corrected chi connectivity index (χ2v) is 6.81. The summed E-state index contributed by atoms with van der Waals surface area (Å²) >= 11 is 9.73. The van der Waals surface area contributed by atoms with Gasteiger partial charge in [0.15, 0.2) is 0 Å². The summed E-state index contributed by atoms with van der Waals surface area (Å²) in [5.41, 5.74) is 9.75. The SMILES string of the molecule is CC(C)Cc1cccc(C(N)c2cc(Br)ccc2Cl)c1. The summed E-state index contributed by atoms with van der Waals surface area (Å²) in [5, 5.41) is 0.704. The van der Waals surface area contributed by atoms with Crippen LogP contribution in [-0.2, 0) is 6.42 Å². The van der Waals surface area contributed by atoms with Crippen LogP contribution in [0.4, 0.5) is 0 Å². The molecule has 2 aromatic carbocycles. The largest absolute Gasteiger partial charge is 0.320 e. The minimum absolute atomic E-state index is 0.202. The summed E-state index contributed by atoms with van der Waals surface area (Å²) in [7, 11) is 0. The molecule has 2 N–H and O–H groups in total. The molecule has 3 heteroatoms. The Hall–Kier alpha value is -0.830. The molecule has 0 fully saturated rings. The zero-order valence-corrected chi connectivity index (χ0v) is 14.1. The van der Waals surface area contributed by atoms with E-state index in [0.29, 0.717) is 10.9 Å². The third-order valence-corrected chi connectivity index (χ3v) is 4.08. The highest BCUT2D eigenvalue weighted by molar-refractivity contribution is 9.10. The molecule has 0 aliphatic rings. The lowest BCUT2D eigenvalue weighted by atomic mass is 9.95. The van der Waals surface area contributed by atoms with Crippen molar-refractivity contribution in [3.63, 3.8) is 0 Å². The first kappa shape index (κ1) is 15.6. The smallest absolute Gasteiger partial charge is 0.0566 e. The van der Waals surface area contributed by atoms with Crippen molar-refractivity contribution < 1.29 is 0 Å². The maximum absolute atomic E-state index is 6.38. The van der Waals surface area contributed by atoms with E-state index in [1.165, 1.54) is 5.56 Å². The lowest BCUT2D eigenvalue weighted by molar-refractivity contribution is 0.646. The Morgan fingerprint density at radius 2 is 1.90 bits per heavy atom. The van der Waals surface area contributed by atoms with Crippen molar-refractivity contribution in [2.75, 3.05) is 0 Å². The number of benzene rings is 2. The Bertz CT molecular complexity index is 595. The molecule has 1 atom stereocenters. The van der Waals surface area contributed by atoms with Gasteiger partial charge in [-0.25, -0.2) is 0 Å². The Labute approximate surface area is 134 Å². The first-order valence-corrected chi connectivity index (χ1v) is 7.94. The van der Waals surface area contributed by atoms with Crippen molar-refractivity contribution >= 4 is 27.5 Å². The molecule has 0 aliphatic carbocycles. The van der Waals surface area contributed by atoms with Crippen LogP contribution in [0.1, 0.15) is 36.6 Å². The van der Waals surface area contributed by atoms with Gasteiger partial charge in [-0.2, -0.15) is 0 Å². The molecule has 0 aromatic heterocycles. The summed E-state index contributed by atoms with van der Waals surface area (Å²) in [5.74, 6) is 0.635. The van der Waals surface area contributed by atoms with E-state index in [4.69, 9.17) is 17.3 Å². The number of hydrogen-bond donors (Lipinski definition) is 1. The van der Waals surface area contributed by atoms with Crippen LogP contribution < -0.4 is 5.73 Å². The molecule has 0 heterocycles. The van der Waals surface area contributed by atoms with Gasteiger partial charge in [0.2, 0.25) is 0 Å². The molecule has 0 aliphatic heterocycles. The fourth-order valence-corrected chi connectivity index (χ4v) is 2.93. The van der Waals surface area contributed by atoms with Gasteiger partial charge in [-0.3, -0.25) is 0 Å². The normalized spacial score (nSPS) is 12.7. The molecule has 0 spiro atoms. The van der Waals surface area contributed by atoms with Gasteiger partial charge in [0, 0.05) is 9.50 Å². The van der Waals surface area contributed by atoms with Gasteiger partial charge in [0.25, 0.3) is 0 Å². The predicted molar refractivity (Wildman–Crippen MR) is 90.2 cm³/mol. The van der Waals surface area contributed by atoms with Crippen LogP contribution in [-0.4, -0.2) is 0 Å². The Balaban J connectivity index is 2.33. The molecule has 106 valence electrons. The van der Waals surface area contributed by atoms with Gasteiger partial charge >= 0.3 is 0 Å². The second kappa shape index (κ2) is 6.75. The topological polar surface area (TPSA) is 26.0 Å². The number of nitrogens with two attached hydrogens (primary N) is 1. The molecule has 0 saturated carbocycles. The van der Waals surface area contributed by atoms with E-state index in [1.807, 2.05) is 18.2 Å². The monoisotopic (exact) mass is 351 g/mol. The summed E-state index contributed by atoms with van der Waals surface area (Å²) < 4.78 is 0.991. The number of hydrogen-bond acceptors (Lipinski definition) is 1. The first-order valence-electron chi connectivity index (χ1n) is 6.76. The highest BCUT2D eigenvalue weighted by atomic mass is 79.9. The van der Waals surface area contributed by atoms with Gasteiger partial charge in [-0.1, -0.05) is 65.6 Å². The average Bonchev–Trinajstić information content (AvgIpc) is 2.40. The van der Waals surface area contributed by atoms with Gasteiger partial charge in [0.1, 0.15) is 0 Å². The van der Waals surface area contributed by atoms with Crippen LogP contribution in [0.15, 0.2) is 46.9 Å². The van der Waals surface area contributed by atoms with Crippen molar-refractivity contribution in [3.05, 3.63) is 68.7 Å². The van der Waals surface area contributed by atoms with Crippen LogP contribution >= 0.6 is 27.5 Å². The van der Waals surface area contributed by atoms with Crippen molar-refractivity contribution in [1.29, 1.82) is 0 Å². The molecule has 20 heavy (non-hydrogen) atoms. The molecule has 1 unspecified atom stereocenters. The molecule has 2 rings (SSSR count). The third-order valence-electron chi connectivity index (χ3n) is 3.25. The predicted octanol–water partition coefficient (Wildman–Crippen LogP) is 5.35. The molecule has 0 radical (unpaired) electrons. The van der Waals surface area contributed by atoms with E-state index in [2.05, 4.69) is 54.0 Å². The second-order valence-electron chi connectivity index (χ2n) is 5.49. The van der Waals surface area contributed by atoms with Crippen LogP contribution in [0.5, 0.6) is 0 Å². The van der Waals surface area contributed by atoms with Crippen LogP contribution in [0.3, 0.4) is 0 Å². The highest BCUT2D eigenvalue weighted by Gasteiger charge is 2.13. The van der Waals surface area contributed by atoms with E-state index in [0.717, 1.165) is 22.0 Å². The summed E-state index contributed by atoms with van der Waals surface area (Å²) in [4.78, 5) is 0. The molecule has 0 amide bonds. The average molecular weight is 353 g/mol. The first-order chi connectivity index (χ1) is 9.47. The summed E-state index contributed by atoms with van der Waals surface area (Å²) in [6, 6.07) is 14.0. The van der Waals surface area contributed by atoms with E-state index in [1.54, 1.807) is 0 Å². The van der Waals surface area contributed by atoms with Crippen molar-refractivity contribution in [2.24, 2.45) is 11.7 Å². The molecular formula is C17H19BrClN.